The lowest BCUT2D eigenvalue weighted by atomic mass is 10.1. The molecule has 156 valence electrons. The van der Waals surface area contributed by atoms with Crippen LogP contribution in [0.1, 0.15) is 16.1 Å². The summed E-state index contributed by atoms with van der Waals surface area (Å²) in [6, 6.07) is 10.8. The number of benzene rings is 1. The summed E-state index contributed by atoms with van der Waals surface area (Å²) in [6.07, 6.45) is -3.04. The van der Waals surface area contributed by atoms with Gasteiger partial charge < -0.3 is 14.5 Å². The molecule has 6 nitrogen and oxygen atoms in total. The molecule has 1 aliphatic heterocycles. The van der Waals surface area contributed by atoms with Crippen molar-refractivity contribution in [3.63, 3.8) is 0 Å². The van der Waals surface area contributed by atoms with Crippen LogP contribution in [0.3, 0.4) is 0 Å². The van der Waals surface area contributed by atoms with Gasteiger partial charge in [0, 0.05) is 43.3 Å². The third-order valence-corrected chi connectivity index (χ3v) is 5.07. The molecule has 1 aromatic carbocycles. The van der Waals surface area contributed by atoms with Crippen molar-refractivity contribution in [3.8, 4) is 5.75 Å². The summed E-state index contributed by atoms with van der Waals surface area (Å²) < 4.78 is 44.0. The van der Waals surface area contributed by atoms with E-state index in [0.717, 1.165) is 6.07 Å². The third kappa shape index (κ3) is 3.87. The van der Waals surface area contributed by atoms with Crippen LogP contribution in [-0.2, 0) is 6.18 Å². The summed E-state index contributed by atoms with van der Waals surface area (Å²) in [4.78, 5) is 24.6. The predicted octanol–water partition coefficient (Wildman–Crippen LogP) is 3.62. The molecular weight excluding hydrogens is 397 g/mol. The van der Waals surface area contributed by atoms with Gasteiger partial charge in [-0.3, -0.25) is 4.79 Å². The van der Waals surface area contributed by atoms with Gasteiger partial charge in [-0.1, -0.05) is 6.07 Å². The molecule has 3 aromatic rings. The predicted molar refractivity (Wildman–Crippen MR) is 106 cm³/mol. The molecule has 0 radical (unpaired) electrons. The molecule has 0 aliphatic carbocycles. The molecule has 1 saturated heterocycles. The Kier molecular flexibility index (Phi) is 5.19. The standard InChI is InChI=1S/C21H19F3N4O2/c1-30-15-4-2-3-14(13-15)20(29)28-11-9-27(10-12-28)19-16-5-6-18(21(22,23)24)26-17(16)7-8-25-19/h2-8,13H,9-12H2,1H3. The van der Waals surface area contributed by atoms with Gasteiger partial charge in [0.15, 0.2) is 0 Å². The molecule has 9 heteroatoms. The number of ether oxygens (including phenoxy) is 1. The third-order valence-electron chi connectivity index (χ3n) is 5.07. The average molecular weight is 416 g/mol. The SMILES string of the molecule is COc1cccc(C(=O)N2CCN(c3nccc4nc(C(F)(F)F)ccc34)CC2)c1. The highest BCUT2D eigenvalue weighted by Gasteiger charge is 2.33. The number of piperazine rings is 1. The molecule has 1 amide bonds. The van der Waals surface area contributed by atoms with Gasteiger partial charge in [0.25, 0.3) is 5.91 Å². The van der Waals surface area contributed by atoms with Gasteiger partial charge in [-0.25, -0.2) is 9.97 Å². The van der Waals surface area contributed by atoms with Gasteiger partial charge in [0.1, 0.15) is 17.3 Å². The van der Waals surface area contributed by atoms with Gasteiger partial charge in [0.05, 0.1) is 12.6 Å². The van der Waals surface area contributed by atoms with Gasteiger partial charge in [-0.05, 0) is 36.4 Å². The van der Waals surface area contributed by atoms with E-state index in [-0.39, 0.29) is 11.4 Å². The molecule has 1 aliphatic rings. The number of nitrogens with zero attached hydrogens (tertiary/aromatic N) is 4. The smallest absolute Gasteiger partial charge is 0.433 e. The van der Waals surface area contributed by atoms with E-state index >= 15 is 0 Å². The van der Waals surface area contributed by atoms with Crippen LogP contribution in [0, 0.1) is 0 Å². The Hall–Kier alpha value is -3.36. The first kappa shape index (κ1) is 19.9. The lowest BCUT2D eigenvalue weighted by molar-refractivity contribution is -0.140. The molecule has 0 bridgehead atoms. The number of hydrogen-bond donors (Lipinski definition) is 0. The van der Waals surface area contributed by atoms with Crippen molar-refractivity contribution >= 4 is 22.6 Å². The Bertz CT molecular complexity index is 1080. The van der Waals surface area contributed by atoms with Crippen molar-refractivity contribution in [1.82, 2.24) is 14.9 Å². The summed E-state index contributed by atoms with van der Waals surface area (Å²) in [5, 5.41) is 0.554. The van der Waals surface area contributed by atoms with Crippen molar-refractivity contribution < 1.29 is 22.7 Å². The van der Waals surface area contributed by atoms with E-state index in [1.165, 1.54) is 18.3 Å². The highest BCUT2D eigenvalue weighted by molar-refractivity contribution is 5.95. The van der Waals surface area contributed by atoms with Gasteiger partial charge in [-0.15, -0.1) is 0 Å². The highest BCUT2D eigenvalue weighted by atomic mass is 19.4. The van der Waals surface area contributed by atoms with E-state index in [9.17, 15) is 18.0 Å². The van der Waals surface area contributed by atoms with Crippen molar-refractivity contribution in [2.45, 2.75) is 6.18 Å². The summed E-state index contributed by atoms with van der Waals surface area (Å²) in [5.74, 6) is 1.10. The first-order valence-electron chi connectivity index (χ1n) is 9.38. The van der Waals surface area contributed by atoms with E-state index in [0.29, 0.717) is 48.7 Å². The number of halogens is 3. The molecule has 30 heavy (non-hydrogen) atoms. The molecule has 0 unspecified atom stereocenters. The second-order valence-corrected chi connectivity index (χ2v) is 6.91. The van der Waals surface area contributed by atoms with Gasteiger partial charge in [-0.2, -0.15) is 13.2 Å². The number of aromatic nitrogens is 2. The molecule has 3 heterocycles. The summed E-state index contributed by atoms with van der Waals surface area (Å²) >= 11 is 0. The minimum absolute atomic E-state index is 0.0871. The van der Waals surface area contributed by atoms with Crippen LogP contribution in [0.2, 0.25) is 0 Å². The number of alkyl halides is 3. The number of methoxy groups -OCH3 is 1. The monoisotopic (exact) mass is 416 g/mol. The Labute approximate surface area is 170 Å². The second kappa shape index (κ2) is 7.81. The van der Waals surface area contributed by atoms with Crippen molar-refractivity contribution in [1.29, 1.82) is 0 Å². The molecule has 0 N–H and O–H groups in total. The van der Waals surface area contributed by atoms with Crippen LogP contribution in [-0.4, -0.2) is 54.1 Å². The molecule has 2 aromatic heterocycles. The number of pyridine rings is 2. The number of amides is 1. The lowest BCUT2D eigenvalue weighted by Crippen LogP contribution is -2.49. The molecule has 0 atom stereocenters. The van der Waals surface area contributed by atoms with Crippen LogP contribution >= 0.6 is 0 Å². The fraction of sp³-hybridized carbons (Fsp3) is 0.286. The maximum atomic E-state index is 12.9. The number of rotatable bonds is 3. The van der Waals surface area contributed by atoms with Crippen LogP contribution in [0.25, 0.3) is 10.9 Å². The summed E-state index contributed by atoms with van der Waals surface area (Å²) in [6.45, 7) is 1.98. The van der Waals surface area contributed by atoms with E-state index in [4.69, 9.17) is 4.74 Å². The zero-order valence-electron chi connectivity index (χ0n) is 16.2. The molecule has 0 saturated carbocycles. The highest BCUT2D eigenvalue weighted by Crippen LogP contribution is 2.31. The number of fused-ring (bicyclic) bond motifs is 1. The molecule has 1 fully saturated rings. The molecular formula is C21H19F3N4O2. The Morgan fingerprint density at radius 2 is 1.83 bits per heavy atom. The quantitative estimate of drug-likeness (QED) is 0.653. The molecule has 4 rings (SSSR count). The Morgan fingerprint density at radius 3 is 2.53 bits per heavy atom. The first-order chi connectivity index (χ1) is 14.4. The maximum Gasteiger partial charge on any atom is 0.433 e. The van der Waals surface area contributed by atoms with Crippen molar-refractivity contribution in [2.75, 3.05) is 38.2 Å². The summed E-state index contributed by atoms with van der Waals surface area (Å²) in [7, 11) is 1.55. The lowest BCUT2D eigenvalue weighted by Gasteiger charge is -2.36. The number of carbonyl (C=O) groups excluding carboxylic acids is 1. The van der Waals surface area contributed by atoms with E-state index in [2.05, 4.69) is 9.97 Å². The minimum atomic E-state index is -4.50. The van der Waals surface area contributed by atoms with Crippen LogP contribution in [0.4, 0.5) is 19.0 Å². The number of anilines is 1. The fourth-order valence-corrected chi connectivity index (χ4v) is 3.51. The topological polar surface area (TPSA) is 58.6 Å². The van der Waals surface area contributed by atoms with Crippen molar-refractivity contribution in [3.05, 3.63) is 59.9 Å². The normalized spacial score (nSPS) is 14.8. The van der Waals surface area contributed by atoms with Crippen LogP contribution in [0.15, 0.2) is 48.7 Å². The molecule has 0 spiro atoms. The minimum Gasteiger partial charge on any atom is -0.497 e. The summed E-state index contributed by atoms with van der Waals surface area (Å²) in [5.41, 5.74) is -0.138. The number of hydrogen-bond acceptors (Lipinski definition) is 5. The van der Waals surface area contributed by atoms with E-state index in [1.54, 1.807) is 36.3 Å². The van der Waals surface area contributed by atoms with Crippen LogP contribution < -0.4 is 9.64 Å². The number of carbonyl (C=O) groups is 1. The zero-order chi connectivity index (χ0) is 21.3. The first-order valence-corrected chi connectivity index (χ1v) is 9.38. The van der Waals surface area contributed by atoms with Gasteiger partial charge >= 0.3 is 6.18 Å². The van der Waals surface area contributed by atoms with Crippen LogP contribution in [0.5, 0.6) is 5.75 Å². The maximum absolute atomic E-state index is 12.9. The van der Waals surface area contributed by atoms with E-state index in [1.807, 2.05) is 4.90 Å². The van der Waals surface area contributed by atoms with Gasteiger partial charge in [0.2, 0.25) is 0 Å². The fourth-order valence-electron chi connectivity index (χ4n) is 3.51. The Balaban J connectivity index is 1.51. The Morgan fingerprint density at radius 1 is 1.07 bits per heavy atom. The largest absolute Gasteiger partial charge is 0.497 e. The van der Waals surface area contributed by atoms with E-state index < -0.39 is 11.9 Å². The second-order valence-electron chi connectivity index (χ2n) is 6.91. The zero-order valence-corrected chi connectivity index (χ0v) is 16.2. The average Bonchev–Trinajstić information content (AvgIpc) is 2.77. The van der Waals surface area contributed by atoms with Crippen molar-refractivity contribution in [2.24, 2.45) is 0 Å².